The van der Waals surface area contributed by atoms with Crippen LogP contribution in [0.2, 0.25) is 0 Å². The summed E-state index contributed by atoms with van der Waals surface area (Å²) < 4.78 is 2.15. The predicted molar refractivity (Wildman–Crippen MR) is 171 cm³/mol. The second-order valence-corrected chi connectivity index (χ2v) is 12.5. The van der Waals surface area contributed by atoms with E-state index in [0.29, 0.717) is 0 Å². The average Bonchev–Trinajstić information content (AvgIpc) is 3.31. The Morgan fingerprint density at radius 3 is 1.48 bits per heavy atom. The number of hydrogen-bond acceptors (Lipinski definition) is 0. The summed E-state index contributed by atoms with van der Waals surface area (Å²) in [5.41, 5.74) is 12.2. The van der Waals surface area contributed by atoms with Crippen LogP contribution in [0.15, 0.2) is 155 Å². The molecule has 1 unspecified atom stereocenters. The van der Waals surface area contributed by atoms with Crippen molar-refractivity contribution in [3.05, 3.63) is 199 Å². The van der Waals surface area contributed by atoms with Gasteiger partial charge in [-0.05, 0) is 79.9 Å². The third kappa shape index (κ3) is 3.01. The molecule has 0 radical (unpaired) electrons. The molecule has 0 amide bonds. The predicted octanol–water partition coefficient (Wildman–Crippen LogP) is 10.3. The Labute approximate surface area is 251 Å². The quantitative estimate of drug-likeness (QED) is 0.180. The van der Waals surface area contributed by atoms with Crippen molar-refractivity contribution in [1.82, 2.24) is 0 Å². The summed E-state index contributed by atoms with van der Waals surface area (Å²) in [5, 5.41) is 0. The molecular weight excluding hydrogens is 616 g/mol. The molecule has 0 heterocycles. The molecular formula is C38H24Br2. The Balaban J connectivity index is 1.65. The molecule has 2 heteroatoms. The van der Waals surface area contributed by atoms with Crippen molar-refractivity contribution in [3.63, 3.8) is 0 Å². The summed E-state index contributed by atoms with van der Waals surface area (Å²) in [6.45, 7) is 0. The Kier molecular flexibility index (Phi) is 5.36. The minimum absolute atomic E-state index is 0.415. The van der Waals surface area contributed by atoms with Gasteiger partial charge in [0.15, 0.2) is 0 Å². The standard InChI is InChI=1S/C38H24Br2/c39-28-15-8-13-26(23-28)37(27-14-9-16-29(40)24-27)33-20-6-7-21-34(33)38(25-11-2-1-3-12-25)32-19-5-4-17-30(32)31-18-10-22-35(37)36(31)38/h1-24H. The van der Waals surface area contributed by atoms with Crippen molar-refractivity contribution in [1.29, 1.82) is 0 Å². The molecule has 0 fully saturated rings. The minimum atomic E-state index is -0.518. The molecule has 1 atom stereocenters. The Bertz CT molecular complexity index is 1890. The maximum Gasteiger partial charge on any atom is 0.0720 e. The van der Waals surface area contributed by atoms with Crippen LogP contribution in [-0.2, 0) is 10.8 Å². The van der Waals surface area contributed by atoms with Gasteiger partial charge in [-0.2, -0.15) is 0 Å². The van der Waals surface area contributed by atoms with E-state index in [4.69, 9.17) is 0 Å². The molecule has 0 aliphatic heterocycles. The Morgan fingerprint density at radius 1 is 0.350 bits per heavy atom. The van der Waals surface area contributed by atoms with Crippen LogP contribution in [0.1, 0.15) is 44.5 Å². The normalized spacial score (nSPS) is 17.6. The molecule has 0 saturated heterocycles. The Hall–Kier alpha value is -3.72. The zero-order valence-corrected chi connectivity index (χ0v) is 24.8. The minimum Gasteiger partial charge on any atom is -0.0622 e. The van der Waals surface area contributed by atoms with Gasteiger partial charge in [-0.25, -0.2) is 0 Å². The van der Waals surface area contributed by atoms with Crippen molar-refractivity contribution in [2.24, 2.45) is 0 Å². The number of rotatable bonds is 3. The smallest absolute Gasteiger partial charge is 0.0622 e. The lowest BCUT2D eigenvalue weighted by Crippen LogP contribution is -2.44. The summed E-state index contributed by atoms with van der Waals surface area (Å²) in [6.07, 6.45) is 0. The van der Waals surface area contributed by atoms with Crippen LogP contribution in [0.4, 0.5) is 0 Å². The topological polar surface area (TPSA) is 0 Å². The summed E-state index contributed by atoms with van der Waals surface area (Å²) in [4.78, 5) is 0. The Morgan fingerprint density at radius 2 is 0.825 bits per heavy atom. The van der Waals surface area contributed by atoms with E-state index in [-0.39, 0.29) is 0 Å². The molecule has 6 aromatic rings. The van der Waals surface area contributed by atoms with Crippen molar-refractivity contribution in [3.8, 4) is 11.1 Å². The first-order valence-electron chi connectivity index (χ1n) is 13.6. The number of halogens is 2. The second-order valence-electron chi connectivity index (χ2n) is 10.7. The van der Waals surface area contributed by atoms with Crippen molar-refractivity contribution in [2.45, 2.75) is 10.8 Å². The van der Waals surface area contributed by atoms with Crippen LogP contribution >= 0.6 is 31.9 Å². The monoisotopic (exact) mass is 638 g/mol. The highest BCUT2D eigenvalue weighted by molar-refractivity contribution is 9.10. The third-order valence-electron chi connectivity index (χ3n) is 8.92. The SMILES string of the molecule is Brc1cccc(C2(c3cccc(Br)c3)c3ccccc3C3(c4ccccc4)c4ccccc4-c4cccc2c43)c1. The molecule has 40 heavy (non-hydrogen) atoms. The number of fused-ring (bicyclic) bond motifs is 5. The summed E-state index contributed by atoms with van der Waals surface area (Å²) in [5.74, 6) is 0. The molecule has 8 rings (SSSR count). The van der Waals surface area contributed by atoms with Gasteiger partial charge in [-0.1, -0.05) is 153 Å². The van der Waals surface area contributed by atoms with E-state index in [2.05, 4.69) is 177 Å². The van der Waals surface area contributed by atoms with Crippen LogP contribution < -0.4 is 0 Å². The van der Waals surface area contributed by atoms with Gasteiger partial charge in [-0.15, -0.1) is 0 Å². The van der Waals surface area contributed by atoms with E-state index in [0.717, 1.165) is 8.95 Å². The summed E-state index contributed by atoms with van der Waals surface area (Å²) in [6, 6.07) is 54.0. The zero-order valence-electron chi connectivity index (χ0n) is 21.6. The van der Waals surface area contributed by atoms with Gasteiger partial charge in [-0.3, -0.25) is 0 Å². The molecule has 6 aromatic carbocycles. The van der Waals surface area contributed by atoms with Gasteiger partial charge in [0.2, 0.25) is 0 Å². The van der Waals surface area contributed by atoms with Gasteiger partial charge >= 0.3 is 0 Å². The molecule has 2 aliphatic rings. The van der Waals surface area contributed by atoms with Gasteiger partial charge in [0.1, 0.15) is 0 Å². The molecule has 0 nitrogen and oxygen atoms in total. The zero-order chi connectivity index (χ0) is 26.9. The lowest BCUT2D eigenvalue weighted by atomic mass is 9.52. The molecule has 190 valence electrons. The van der Waals surface area contributed by atoms with E-state index in [9.17, 15) is 0 Å². The fraction of sp³-hybridized carbons (Fsp3) is 0.0526. The summed E-state index contributed by atoms with van der Waals surface area (Å²) >= 11 is 7.64. The second kappa shape index (κ2) is 8.89. The largest absolute Gasteiger partial charge is 0.0720 e. The molecule has 0 aromatic heterocycles. The lowest BCUT2D eigenvalue weighted by Gasteiger charge is -2.49. The number of benzene rings is 6. The first-order valence-corrected chi connectivity index (χ1v) is 15.2. The van der Waals surface area contributed by atoms with E-state index in [1.165, 1.54) is 55.6 Å². The maximum atomic E-state index is 3.82. The summed E-state index contributed by atoms with van der Waals surface area (Å²) in [7, 11) is 0. The van der Waals surface area contributed by atoms with Gasteiger partial charge in [0, 0.05) is 8.95 Å². The van der Waals surface area contributed by atoms with Crippen molar-refractivity contribution >= 4 is 31.9 Å². The first-order chi connectivity index (χ1) is 19.7. The highest BCUT2D eigenvalue weighted by Gasteiger charge is 2.57. The highest BCUT2D eigenvalue weighted by Crippen LogP contribution is 2.65. The third-order valence-corrected chi connectivity index (χ3v) is 9.91. The molecule has 0 spiro atoms. The van der Waals surface area contributed by atoms with Crippen LogP contribution in [0, 0.1) is 0 Å². The van der Waals surface area contributed by atoms with E-state index in [1.807, 2.05) is 0 Å². The van der Waals surface area contributed by atoms with Gasteiger partial charge in [0.05, 0.1) is 10.8 Å². The van der Waals surface area contributed by atoms with E-state index >= 15 is 0 Å². The first kappa shape index (κ1) is 24.1. The van der Waals surface area contributed by atoms with E-state index in [1.54, 1.807) is 0 Å². The van der Waals surface area contributed by atoms with Gasteiger partial charge in [0.25, 0.3) is 0 Å². The maximum absolute atomic E-state index is 3.82. The number of hydrogen-bond donors (Lipinski definition) is 0. The molecule has 0 N–H and O–H groups in total. The van der Waals surface area contributed by atoms with Crippen LogP contribution in [0.3, 0.4) is 0 Å². The van der Waals surface area contributed by atoms with Crippen molar-refractivity contribution < 1.29 is 0 Å². The highest BCUT2D eigenvalue weighted by atomic mass is 79.9. The molecule has 0 saturated carbocycles. The molecule has 2 aliphatic carbocycles. The van der Waals surface area contributed by atoms with E-state index < -0.39 is 10.8 Å². The fourth-order valence-electron chi connectivity index (χ4n) is 7.61. The van der Waals surface area contributed by atoms with Crippen LogP contribution in [0.25, 0.3) is 11.1 Å². The molecule has 0 bridgehead atoms. The fourth-order valence-corrected chi connectivity index (χ4v) is 8.41. The average molecular weight is 640 g/mol. The van der Waals surface area contributed by atoms with Crippen LogP contribution in [-0.4, -0.2) is 0 Å². The van der Waals surface area contributed by atoms with Gasteiger partial charge < -0.3 is 0 Å². The lowest BCUT2D eigenvalue weighted by molar-refractivity contribution is 0.626. The van der Waals surface area contributed by atoms with Crippen molar-refractivity contribution in [2.75, 3.05) is 0 Å². The van der Waals surface area contributed by atoms with Crippen LogP contribution in [0.5, 0.6) is 0 Å².